The quantitative estimate of drug-likeness (QED) is 0.890. The van der Waals surface area contributed by atoms with E-state index >= 15 is 0 Å². The summed E-state index contributed by atoms with van der Waals surface area (Å²) in [6, 6.07) is 8.16. The number of nitrogens with zero attached hydrogens (tertiary/aromatic N) is 2. The molecule has 1 unspecified atom stereocenters. The van der Waals surface area contributed by atoms with Gasteiger partial charge >= 0.3 is 0 Å². The zero-order valence-corrected chi connectivity index (χ0v) is 14.8. The molecule has 0 aromatic heterocycles. The summed E-state index contributed by atoms with van der Waals surface area (Å²) in [6.07, 6.45) is 0.571. The average molecular weight is 346 g/mol. The molecule has 0 aliphatic carbocycles. The fraction of sp³-hybridized carbons (Fsp3) is 0.562. The largest absolute Gasteiger partial charge is 0.340 e. The fourth-order valence-corrected chi connectivity index (χ4v) is 2.76. The number of piperazine rings is 1. The summed E-state index contributed by atoms with van der Waals surface area (Å²) in [5, 5.41) is 4.02. The Kier molecular flexibility index (Phi) is 8.18. The first-order valence-corrected chi connectivity index (χ1v) is 7.90. The van der Waals surface area contributed by atoms with Crippen molar-refractivity contribution < 1.29 is 4.79 Å². The minimum absolute atomic E-state index is 0. The smallest absolute Gasteiger partial charge is 0.223 e. The van der Waals surface area contributed by atoms with E-state index in [0.717, 1.165) is 37.7 Å². The minimum atomic E-state index is 0. The number of amides is 1. The molecule has 1 aliphatic heterocycles. The SMILES string of the molecule is CC(c1cccc(Cl)c1)N(C)CCC(=O)N1CCNCC1.Cl. The Labute approximate surface area is 144 Å². The number of hydrogen-bond acceptors (Lipinski definition) is 3. The Balaban J connectivity index is 0.00000242. The molecule has 1 aromatic carbocycles. The van der Waals surface area contributed by atoms with E-state index in [-0.39, 0.29) is 24.4 Å². The molecule has 0 spiro atoms. The molecule has 2 rings (SSSR count). The zero-order valence-electron chi connectivity index (χ0n) is 13.2. The molecular formula is C16H25Cl2N3O. The number of benzene rings is 1. The number of carbonyl (C=O) groups is 1. The maximum Gasteiger partial charge on any atom is 0.223 e. The van der Waals surface area contributed by atoms with Gasteiger partial charge in [-0.25, -0.2) is 0 Å². The maximum absolute atomic E-state index is 12.2. The number of hydrogen-bond donors (Lipinski definition) is 1. The highest BCUT2D eigenvalue weighted by atomic mass is 35.5. The van der Waals surface area contributed by atoms with E-state index in [4.69, 9.17) is 11.6 Å². The lowest BCUT2D eigenvalue weighted by atomic mass is 10.1. The molecule has 1 amide bonds. The predicted octanol–water partition coefficient (Wildman–Crippen LogP) is 2.58. The molecule has 0 bridgehead atoms. The molecular weight excluding hydrogens is 321 g/mol. The van der Waals surface area contributed by atoms with Gasteiger partial charge in [0.25, 0.3) is 0 Å². The van der Waals surface area contributed by atoms with Gasteiger partial charge in [-0.15, -0.1) is 12.4 Å². The highest BCUT2D eigenvalue weighted by molar-refractivity contribution is 6.30. The molecule has 1 atom stereocenters. The molecule has 1 N–H and O–H groups in total. The second kappa shape index (κ2) is 9.36. The van der Waals surface area contributed by atoms with Crippen molar-refractivity contribution in [2.24, 2.45) is 0 Å². The van der Waals surface area contributed by atoms with Crippen LogP contribution in [0.15, 0.2) is 24.3 Å². The average Bonchev–Trinajstić information content (AvgIpc) is 2.52. The van der Waals surface area contributed by atoms with E-state index in [2.05, 4.69) is 30.3 Å². The highest BCUT2D eigenvalue weighted by Gasteiger charge is 2.18. The van der Waals surface area contributed by atoms with E-state index in [1.807, 2.05) is 23.1 Å². The lowest BCUT2D eigenvalue weighted by molar-refractivity contribution is -0.132. The second-order valence-corrected chi connectivity index (χ2v) is 6.03. The normalized spacial score (nSPS) is 16.3. The molecule has 0 saturated carbocycles. The van der Waals surface area contributed by atoms with Crippen molar-refractivity contribution in [3.8, 4) is 0 Å². The molecule has 1 saturated heterocycles. The molecule has 1 fully saturated rings. The van der Waals surface area contributed by atoms with Crippen LogP contribution in [-0.4, -0.2) is 55.5 Å². The standard InChI is InChI=1S/C16H24ClN3O.ClH/c1-13(14-4-3-5-15(17)12-14)19(2)9-6-16(21)20-10-7-18-8-11-20;/h3-5,12-13,18H,6-11H2,1-2H3;1H. The second-order valence-electron chi connectivity index (χ2n) is 5.59. The van der Waals surface area contributed by atoms with E-state index in [1.165, 1.54) is 5.56 Å². The number of carbonyl (C=O) groups excluding carboxylic acids is 1. The lowest BCUT2D eigenvalue weighted by Gasteiger charge is -2.29. The van der Waals surface area contributed by atoms with Gasteiger partial charge in [-0.05, 0) is 31.7 Å². The van der Waals surface area contributed by atoms with Gasteiger partial charge in [0.2, 0.25) is 5.91 Å². The van der Waals surface area contributed by atoms with Crippen LogP contribution in [0.25, 0.3) is 0 Å². The van der Waals surface area contributed by atoms with Crippen LogP contribution in [0.1, 0.15) is 24.9 Å². The Morgan fingerprint density at radius 1 is 1.41 bits per heavy atom. The molecule has 0 radical (unpaired) electrons. The van der Waals surface area contributed by atoms with Crippen LogP contribution in [0.3, 0.4) is 0 Å². The first-order chi connectivity index (χ1) is 10.1. The van der Waals surface area contributed by atoms with Crippen molar-refractivity contribution in [1.82, 2.24) is 15.1 Å². The van der Waals surface area contributed by atoms with Gasteiger partial charge in [-0.3, -0.25) is 9.69 Å². The summed E-state index contributed by atoms with van der Waals surface area (Å²) in [5.41, 5.74) is 1.18. The van der Waals surface area contributed by atoms with Gasteiger partial charge in [0, 0.05) is 50.2 Å². The molecule has 22 heavy (non-hydrogen) atoms. The highest BCUT2D eigenvalue weighted by Crippen LogP contribution is 2.21. The van der Waals surface area contributed by atoms with Gasteiger partial charge < -0.3 is 10.2 Å². The fourth-order valence-electron chi connectivity index (χ4n) is 2.56. The number of rotatable bonds is 5. The number of nitrogens with one attached hydrogen (secondary N) is 1. The third-order valence-corrected chi connectivity index (χ3v) is 4.38. The zero-order chi connectivity index (χ0) is 15.2. The van der Waals surface area contributed by atoms with Crippen LogP contribution >= 0.6 is 24.0 Å². The van der Waals surface area contributed by atoms with Crippen LogP contribution in [0, 0.1) is 0 Å². The van der Waals surface area contributed by atoms with Crippen LogP contribution in [-0.2, 0) is 4.79 Å². The van der Waals surface area contributed by atoms with Crippen LogP contribution in [0.5, 0.6) is 0 Å². The predicted molar refractivity (Wildman–Crippen MR) is 93.8 cm³/mol. The van der Waals surface area contributed by atoms with Crippen molar-refractivity contribution in [1.29, 1.82) is 0 Å². The van der Waals surface area contributed by atoms with E-state index in [1.54, 1.807) is 0 Å². The van der Waals surface area contributed by atoms with Gasteiger partial charge in [0.1, 0.15) is 0 Å². The summed E-state index contributed by atoms with van der Waals surface area (Å²) in [5.74, 6) is 0.252. The Hall–Kier alpha value is -0.810. The molecule has 1 aromatic rings. The minimum Gasteiger partial charge on any atom is -0.340 e. The first kappa shape index (κ1) is 19.2. The van der Waals surface area contributed by atoms with Gasteiger partial charge in [0.05, 0.1) is 0 Å². The topological polar surface area (TPSA) is 35.6 Å². The first-order valence-electron chi connectivity index (χ1n) is 7.52. The summed E-state index contributed by atoms with van der Waals surface area (Å²) < 4.78 is 0. The van der Waals surface area contributed by atoms with E-state index in [0.29, 0.717) is 6.42 Å². The Morgan fingerprint density at radius 3 is 2.73 bits per heavy atom. The molecule has 124 valence electrons. The van der Waals surface area contributed by atoms with E-state index in [9.17, 15) is 4.79 Å². The number of halogens is 2. The van der Waals surface area contributed by atoms with Gasteiger partial charge in [-0.1, -0.05) is 23.7 Å². The summed E-state index contributed by atoms with van der Waals surface area (Å²) >= 11 is 6.04. The van der Waals surface area contributed by atoms with Gasteiger partial charge in [0.15, 0.2) is 0 Å². The van der Waals surface area contributed by atoms with Crippen LogP contribution < -0.4 is 5.32 Å². The van der Waals surface area contributed by atoms with Crippen molar-refractivity contribution >= 4 is 29.9 Å². The Bertz CT molecular complexity index is 478. The van der Waals surface area contributed by atoms with E-state index < -0.39 is 0 Å². The third-order valence-electron chi connectivity index (χ3n) is 4.14. The summed E-state index contributed by atoms with van der Waals surface area (Å²) in [7, 11) is 2.05. The van der Waals surface area contributed by atoms with Crippen molar-refractivity contribution in [3.63, 3.8) is 0 Å². The monoisotopic (exact) mass is 345 g/mol. The molecule has 4 nitrogen and oxygen atoms in total. The Morgan fingerprint density at radius 2 is 2.09 bits per heavy atom. The maximum atomic E-state index is 12.2. The van der Waals surface area contributed by atoms with Crippen molar-refractivity contribution in [2.45, 2.75) is 19.4 Å². The molecule has 1 heterocycles. The van der Waals surface area contributed by atoms with Crippen molar-refractivity contribution in [3.05, 3.63) is 34.9 Å². The lowest BCUT2D eigenvalue weighted by Crippen LogP contribution is -2.47. The van der Waals surface area contributed by atoms with Crippen LogP contribution in [0.4, 0.5) is 0 Å². The molecule has 1 aliphatic rings. The van der Waals surface area contributed by atoms with Crippen molar-refractivity contribution in [2.75, 3.05) is 39.8 Å². The van der Waals surface area contributed by atoms with Gasteiger partial charge in [-0.2, -0.15) is 0 Å². The third kappa shape index (κ3) is 5.43. The van der Waals surface area contributed by atoms with Crippen LogP contribution in [0.2, 0.25) is 5.02 Å². The summed E-state index contributed by atoms with van der Waals surface area (Å²) in [6.45, 7) is 6.36. The summed E-state index contributed by atoms with van der Waals surface area (Å²) in [4.78, 5) is 16.3. The molecule has 6 heteroatoms.